The Bertz CT molecular complexity index is 504. The molecule has 0 aliphatic heterocycles. The molecule has 1 aromatic heterocycles. The number of oxazole rings is 1. The molecule has 0 radical (unpaired) electrons. The van der Waals surface area contributed by atoms with Gasteiger partial charge >= 0.3 is 0 Å². The Kier molecular flexibility index (Phi) is 5.25. The summed E-state index contributed by atoms with van der Waals surface area (Å²) in [5, 5.41) is 3.46. The van der Waals surface area contributed by atoms with Crippen LogP contribution in [0.15, 0.2) is 22.6 Å². The van der Waals surface area contributed by atoms with Crippen LogP contribution in [0.3, 0.4) is 0 Å². The molecule has 0 aliphatic rings. The quantitative estimate of drug-likeness (QED) is 0.685. The van der Waals surface area contributed by atoms with Crippen molar-refractivity contribution in [1.29, 1.82) is 0 Å². The molecule has 0 spiro atoms. The van der Waals surface area contributed by atoms with Crippen molar-refractivity contribution >= 4 is 16.8 Å². The van der Waals surface area contributed by atoms with Gasteiger partial charge in [-0.05, 0) is 24.6 Å². The summed E-state index contributed by atoms with van der Waals surface area (Å²) in [6, 6.07) is 6.10. The van der Waals surface area contributed by atoms with E-state index < -0.39 is 0 Å². The van der Waals surface area contributed by atoms with Crippen molar-refractivity contribution in [1.82, 2.24) is 4.98 Å². The minimum atomic E-state index is 0.725. The second-order valence-electron chi connectivity index (χ2n) is 5.11. The van der Waals surface area contributed by atoms with Crippen LogP contribution in [-0.2, 0) is 0 Å². The lowest BCUT2D eigenvalue weighted by molar-refractivity contribution is 0.561. The van der Waals surface area contributed by atoms with Crippen molar-refractivity contribution in [2.75, 3.05) is 11.9 Å². The average Bonchev–Trinajstić information content (AvgIpc) is 2.77. The van der Waals surface area contributed by atoms with Gasteiger partial charge in [0.25, 0.3) is 0 Å². The van der Waals surface area contributed by atoms with Crippen molar-refractivity contribution in [2.24, 2.45) is 0 Å². The number of rotatable bonds is 8. The first kappa shape index (κ1) is 13.9. The van der Waals surface area contributed by atoms with E-state index in [1.165, 1.54) is 38.5 Å². The van der Waals surface area contributed by atoms with E-state index in [0.717, 1.165) is 29.2 Å². The van der Waals surface area contributed by atoms with Gasteiger partial charge in [0.1, 0.15) is 5.52 Å². The van der Waals surface area contributed by atoms with Crippen LogP contribution < -0.4 is 5.32 Å². The number of aromatic nitrogens is 1. The predicted octanol–water partition coefficient (Wildman–Crippen LogP) is 4.91. The molecule has 0 saturated heterocycles. The SMILES string of the molecule is CCCCCCCCNc1ccc2oc(C)nc2c1. The highest BCUT2D eigenvalue weighted by Crippen LogP contribution is 2.19. The molecule has 0 bridgehead atoms. The third-order valence-electron chi connectivity index (χ3n) is 3.35. The number of anilines is 1. The van der Waals surface area contributed by atoms with E-state index in [2.05, 4.69) is 29.4 Å². The first-order valence-electron chi connectivity index (χ1n) is 7.40. The van der Waals surface area contributed by atoms with Crippen molar-refractivity contribution in [3.63, 3.8) is 0 Å². The number of benzene rings is 1. The minimum absolute atomic E-state index is 0.725. The van der Waals surface area contributed by atoms with Gasteiger partial charge in [0.15, 0.2) is 11.5 Å². The van der Waals surface area contributed by atoms with Crippen LogP contribution in [0.4, 0.5) is 5.69 Å². The zero-order valence-electron chi connectivity index (χ0n) is 12.0. The Labute approximate surface area is 115 Å². The number of aryl methyl sites for hydroxylation is 1. The van der Waals surface area contributed by atoms with E-state index in [-0.39, 0.29) is 0 Å². The molecule has 1 aromatic carbocycles. The fourth-order valence-corrected chi connectivity index (χ4v) is 2.29. The van der Waals surface area contributed by atoms with Gasteiger partial charge in [0.2, 0.25) is 0 Å². The molecule has 2 rings (SSSR count). The van der Waals surface area contributed by atoms with Crippen molar-refractivity contribution in [3.8, 4) is 0 Å². The molecule has 104 valence electrons. The number of hydrogen-bond acceptors (Lipinski definition) is 3. The molecule has 0 saturated carbocycles. The average molecular weight is 260 g/mol. The van der Waals surface area contributed by atoms with Gasteiger partial charge in [-0.25, -0.2) is 4.98 Å². The summed E-state index contributed by atoms with van der Waals surface area (Å²) < 4.78 is 5.46. The largest absolute Gasteiger partial charge is 0.441 e. The summed E-state index contributed by atoms with van der Waals surface area (Å²) in [6.07, 6.45) is 7.97. The summed E-state index contributed by atoms with van der Waals surface area (Å²) in [6.45, 7) is 5.17. The van der Waals surface area contributed by atoms with Crippen LogP contribution in [0.2, 0.25) is 0 Å². The van der Waals surface area contributed by atoms with Crippen molar-refractivity contribution in [2.45, 2.75) is 52.4 Å². The maximum absolute atomic E-state index is 5.46. The molecule has 0 fully saturated rings. The highest BCUT2D eigenvalue weighted by Gasteiger charge is 2.02. The van der Waals surface area contributed by atoms with E-state index in [1.807, 2.05) is 13.0 Å². The van der Waals surface area contributed by atoms with Crippen LogP contribution >= 0.6 is 0 Å². The Morgan fingerprint density at radius 3 is 2.74 bits per heavy atom. The number of hydrogen-bond donors (Lipinski definition) is 1. The molecule has 0 amide bonds. The van der Waals surface area contributed by atoms with E-state index in [9.17, 15) is 0 Å². The lowest BCUT2D eigenvalue weighted by Gasteiger charge is -2.05. The van der Waals surface area contributed by atoms with Crippen molar-refractivity contribution in [3.05, 3.63) is 24.1 Å². The van der Waals surface area contributed by atoms with Crippen LogP contribution in [-0.4, -0.2) is 11.5 Å². The first-order chi connectivity index (χ1) is 9.29. The van der Waals surface area contributed by atoms with Gasteiger partial charge in [-0.3, -0.25) is 0 Å². The Morgan fingerprint density at radius 1 is 1.11 bits per heavy atom. The van der Waals surface area contributed by atoms with Gasteiger partial charge in [-0.2, -0.15) is 0 Å². The Balaban J connectivity index is 1.72. The molecule has 2 aromatic rings. The van der Waals surface area contributed by atoms with E-state index in [0.29, 0.717) is 0 Å². The molecule has 0 unspecified atom stereocenters. The third-order valence-corrected chi connectivity index (χ3v) is 3.35. The third kappa shape index (κ3) is 4.27. The minimum Gasteiger partial charge on any atom is -0.441 e. The van der Waals surface area contributed by atoms with Gasteiger partial charge < -0.3 is 9.73 Å². The highest BCUT2D eigenvalue weighted by molar-refractivity contribution is 5.77. The number of nitrogens with zero attached hydrogens (tertiary/aromatic N) is 1. The molecular formula is C16H24N2O. The molecule has 19 heavy (non-hydrogen) atoms. The first-order valence-corrected chi connectivity index (χ1v) is 7.40. The van der Waals surface area contributed by atoms with Gasteiger partial charge in [-0.1, -0.05) is 39.0 Å². The van der Waals surface area contributed by atoms with Gasteiger partial charge in [-0.15, -0.1) is 0 Å². The predicted molar refractivity (Wildman–Crippen MR) is 80.6 cm³/mol. The lowest BCUT2D eigenvalue weighted by Crippen LogP contribution is -2.01. The van der Waals surface area contributed by atoms with Crippen LogP contribution in [0.5, 0.6) is 0 Å². The number of nitrogens with one attached hydrogen (secondary N) is 1. The van der Waals surface area contributed by atoms with Gasteiger partial charge in [0, 0.05) is 19.2 Å². The smallest absolute Gasteiger partial charge is 0.192 e. The summed E-state index contributed by atoms with van der Waals surface area (Å²) in [4.78, 5) is 4.35. The summed E-state index contributed by atoms with van der Waals surface area (Å²) in [5.74, 6) is 0.725. The summed E-state index contributed by atoms with van der Waals surface area (Å²) in [5.41, 5.74) is 2.93. The fraction of sp³-hybridized carbons (Fsp3) is 0.562. The van der Waals surface area contributed by atoms with Crippen LogP contribution in [0, 0.1) is 6.92 Å². The number of fused-ring (bicyclic) bond motifs is 1. The van der Waals surface area contributed by atoms with E-state index in [1.54, 1.807) is 0 Å². The summed E-state index contributed by atoms with van der Waals surface area (Å²) in [7, 11) is 0. The van der Waals surface area contributed by atoms with Gasteiger partial charge in [0.05, 0.1) is 0 Å². The molecular weight excluding hydrogens is 236 g/mol. The lowest BCUT2D eigenvalue weighted by atomic mass is 10.1. The van der Waals surface area contributed by atoms with E-state index in [4.69, 9.17) is 4.42 Å². The monoisotopic (exact) mass is 260 g/mol. The fourth-order valence-electron chi connectivity index (χ4n) is 2.29. The molecule has 1 heterocycles. The second-order valence-corrected chi connectivity index (χ2v) is 5.11. The van der Waals surface area contributed by atoms with E-state index >= 15 is 0 Å². The zero-order chi connectivity index (χ0) is 13.5. The molecule has 3 nitrogen and oxygen atoms in total. The van der Waals surface area contributed by atoms with Crippen LogP contribution in [0.25, 0.3) is 11.1 Å². The molecule has 1 N–H and O–H groups in total. The molecule has 0 atom stereocenters. The van der Waals surface area contributed by atoms with Crippen molar-refractivity contribution < 1.29 is 4.42 Å². The molecule has 3 heteroatoms. The molecule has 0 aliphatic carbocycles. The topological polar surface area (TPSA) is 38.1 Å². The number of unbranched alkanes of at least 4 members (excludes halogenated alkanes) is 5. The normalized spacial score (nSPS) is 11.1. The maximum atomic E-state index is 5.46. The highest BCUT2D eigenvalue weighted by atomic mass is 16.3. The second kappa shape index (κ2) is 7.17. The van der Waals surface area contributed by atoms with Crippen LogP contribution in [0.1, 0.15) is 51.3 Å². The Hall–Kier alpha value is -1.51. The zero-order valence-corrected chi connectivity index (χ0v) is 12.0. The summed E-state index contributed by atoms with van der Waals surface area (Å²) >= 11 is 0. The maximum Gasteiger partial charge on any atom is 0.192 e. The standard InChI is InChI=1S/C16H24N2O/c1-3-4-5-6-7-8-11-17-14-9-10-16-15(12-14)18-13(2)19-16/h9-10,12,17H,3-8,11H2,1-2H3. The Morgan fingerprint density at radius 2 is 1.89 bits per heavy atom.